The summed E-state index contributed by atoms with van der Waals surface area (Å²) in [7, 11) is 0. The van der Waals surface area contributed by atoms with Crippen molar-refractivity contribution < 1.29 is 14.0 Å². The van der Waals surface area contributed by atoms with E-state index in [0.717, 1.165) is 23.9 Å². The molecule has 0 spiro atoms. The zero-order valence-electron chi connectivity index (χ0n) is 20.8. The van der Waals surface area contributed by atoms with Crippen molar-refractivity contribution in [2.75, 3.05) is 26.2 Å². The maximum absolute atomic E-state index is 14.0. The number of aryl methyl sites for hydroxylation is 2. The molecule has 1 saturated heterocycles. The Kier molecular flexibility index (Phi) is 5.70. The van der Waals surface area contributed by atoms with Gasteiger partial charge in [-0.15, -0.1) is 0 Å². The van der Waals surface area contributed by atoms with Gasteiger partial charge in [0.2, 0.25) is 0 Å². The summed E-state index contributed by atoms with van der Waals surface area (Å²) in [5.74, 6) is 0.300. The van der Waals surface area contributed by atoms with Crippen molar-refractivity contribution in [1.82, 2.24) is 29.5 Å². The first kappa shape index (κ1) is 23.3. The second-order valence-corrected chi connectivity index (χ2v) is 9.80. The molecule has 37 heavy (non-hydrogen) atoms. The Hall–Kier alpha value is -4.14. The second kappa shape index (κ2) is 9.06. The van der Waals surface area contributed by atoms with E-state index < -0.39 is 5.82 Å². The van der Waals surface area contributed by atoms with Crippen LogP contribution in [0.15, 0.2) is 48.7 Å². The van der Waals surface area contributed by atoms with Crippen LogP contribution in [0.1, 0.15) is 56.4 Å². The summed E-state index contributed by atoms with van der Waals surface area (Å²) in [5, 5.41) is 5.42. The Labute approximate surface area is 213 Å². The summed E-state index contributed by atoms with van der Waals surface area (Å²) in [4.78, 5) is 39.6. The van der Waals surface area contributed by atoms with Gasteiger partial charge in [0, 0.05) is 49.6 Å². The van der Waals surface area contributed by atoms with Crippen LogP contribution in [0, 0.1) is 19.7 Å². The fraction of sp³-hybridized carbons (Fsp3) is 0.321. The first-order valence-electron chi connectivity index (χ1n) is 12.6. The number of rotatable bonds is 4. The van der Waals surface area contributed by atoms with Crippen LogP contribution in [0.2, 0.25) is 0 Å². The second-order valence-electron chi connectivity index (χ2n) is 9.80. The highest BCUT2D eigenvalue weighted by Crippen LogP contribution is 2.41. The van der Waals surface area contributed by atoms with Crippen molar-refractivity contribution >= 4 is 22.8 Å². The van der Waals surface area contributed by atoms with E-state index in [-0.39, 0.29) is 11.8 Å². The van der Waals surface area contributed by atoms with E-state index in [1.807, 2.05) is 31.2 Å². The summed E-state index contributed by atoms with van der Waals surface area (Å²) in [6.45, 7) is 5.12. The lowest BCUT2D eigenvalue weighted by molar-refractivity contribution is 0.0536. The topological polar surface area (TPSA) is 84.2 Å². The molecular formula is C28H27FN6O2. The number of hydrogen-bond donors (Lipinski definition) is 0. The predicted molar refractivity (Wildman–Crippen MR) is 136 cm³/mol. The van der Waals surface area contributed by atoms with Gasteiger partial charge in [0.05, 0.1) is 16.6 Å². The van der Waals surface area contributed by atoms with Crippen molar-refractivity contribution in [3.63, 3.8) is 0 Å². The number of hydrogen-bond acceptors (Lipinski definition) is 5. The number of carbonyl (C=O) groups is 2. The fourth-order valence-corrected chi connectivity index (χ4v) is 4.90. The van der Waals surface area contributed by atoms with Crippen molar-refractivity contribution in [2.45, 2.75) is 32.6 Å². The van der Waals surface area contributed by atoms with Gasteiger partial charge < -0.3 is 9.80 Å². The number of benzene rings is 1. The highest BCUT2D eigenvalue weighted by atomic mass is 19.1. The van der Waals surface area contributed by atoms with Gasteiger partial charge in [-0.05, 0) is 62.6 Å². The van der Waals surface area contributed by atoms with Crippen LogP contribution in [0.25, 0.3) is 16.9 Å². The van der Waals surface area contributed by atoms with Crippen molar-refractivity contribution in [1.29, 1.82) is 0 Å². The Bertz CT molecular complexity index is 1520. The molecule has 1 aliphatic carbocycles. The minimum absolute atomic E-state index is 0.0912. The normalized spacial score (nSPS) is 15.9. The molecule has 4 aromatic rings. The molecule has 2 amide bonds. The summed E-state index contributed by atoms with van der Waals surface area (Å²) >= 11 is 0. The minimum Gasteiger partial charge on any atom is -0.335 e. The molecule has 6 rings (SSSR count). The van der Waals surface area contributed by atoms with Crippen molar-refractivity contribution in [2.24, 2.45) is 0 Å². The Balaban J connectivity index is 1.28. The molecule has 0 radical (unpaired) electrons. The van der Waals surface area contributed by atoms with Gasteiger partial charge in [-0.25, -0.2) is 14.4 Å². The Morgan fingerprint density at radius 2 is 1.68 bits per heavy atom. The van der Waals surface area contributed by atoms with Crippen molar-refractivity contribution in [3.8, 4) is 5.82 Å². The van der Waals surface area contributed by atoms with Crippen LogP contribution in [0.3, 0.4) is 0 Å². The number of nitrogens with zero attached hydrogens (tertiary/aromatic N) is 6. The molecule has 2 aliphatic rings. The summed E-state index contributed by atoms with van der Waals surface area (Å²) in [5.41, 5.74) is 3.68. The number of carbonyl (C=O) groups excluding carboxylic acids is 2. The SMILES string of the molecule is Cc1ccc(C(=O)N2CCN(C(=O)c3cc(C4CC4)nc4c3c(C)nn4-c3ccccn3)CC2)cc1F. The zero-order chi connectivity index (χ0) is 25.7. The van der Waals surface area contributed by atoms with E-state index in [9.17, 15) is 14.0 Å². The third-order valence-electron chi connectivity index (χ3n) is 7.20. The molecule has 8 nitrogen and oxygen atoms in total. The first-order valence-corrected chi connectivity index (χ1v) is 12.6. The molecule has 0 bridgehead atoms. The Morgan fingerprint density at radius 3 is 2.32 bits per heavy atom. The molecule has 4 heterocycles. The van der Waals surface area contributed by atoms with Gasteiger partial charge in [0.25, 0.3) is 11.8 Å². The number of pyridine rings is 2. The molecule has 9 heteroatoms. The predicted octanol–water partition coefficient (Wildman–Crippen LogP) is 4.05. The third-order valence-corrected chi connectivity index (χ3v) is 7.20. The maximum atomic E-state index is 14.0. The summed E-state index contributed by atoms with van der Waals surface area (Å²) < 4.78 is 15.7. The molecule has 1 saturated carbocycles. The number of amides is 2. The fourth-order valence-electron chi connectivity index (χ4n) is 4.90. The van der Waals surface area contributed by atoms with E-state index in [0.29, 0.717) is 65.9 Å². The molecule has 0 unspecified atom stereocenters. The summed E-state index contributed by atoms with van der Waals surface area (Å²) in [6, 6.07) is 12.1. The largest absolute Gasteiger partial charge is 0.335 e. The van der Waals surface area contributed by atoms with E-state index in [1.54, 1.807) is 39.7 Å². The lowest BCUT2D eigenvalue weighted by Gasteiger charge is -2.35. The number of piperazine rings is 1. The molecule has 1 aromatic carbocycles. The average Bonchev–Trinajstić information content (AvgIpc) is 3.73. The average molecular weight is 499 g/mol. The van der Waals surface area contributed by atoms with Crippen LogP contribution in [0.4, 0.5) is 4.39 Å². The van der Waals surface area contributed by atoms with Gasteiger partial charge in [-0.2, -0.15) is 9.78 Å². The molecule has 2 fully saturated rings. The monoisotopic (exact) mass is 498 g/mol. The third kappa shape index (κ3) is 4.24. The number of aromatic nitrogens is 4. The van der Waals surface area contributed by atoms with Gasteiger partial charge in [0.1, 0.15) is 5.82 Å². The number of fused-ring (bicyclic) bond motifs is 1. The van der Waals surface area contributed by atoms with E-state index in [4.69, 9.17) is 4.98 Å². The summed E-state index contributed by atoms with van der Waals surface area (Å²) in [6.07, 6.45) is 3.83. The van der Waals surface area contributed by atoms with Crippen LogP contribution in [-0.4, -0.2) is 67.5 Å². The lowest BCUT2D eigenvalue weighted by atomic mass is 10.1. The maximum Gasteiger partial charge on any atom is 0.254 e. The highest BCUT2D eigenvalue weighted by molar-refractivity contribution is 6.07. The Morgan fingerprint density at radius 1 is 0.946 bits per heavy atom. The van der Waals surface area contributed by atoms with E-state index >= 15 is 0 Å². The smallest absolute Gasteiger partial charge is 0.254 e. The van der Waals surface area contributed by atoms with Crippen molar-refractivity contribution in [3.05, 3.63) is 82.6 Å². The molecule has 0 atom stereocenters. The zero-order valence-corrected chi connectivity index (χ0v) is 20.8. The van der Waals surface area contributed by atoms with Crippen LogP contribution >= 0.6 is 0 Å². The van der Waals surface area contributed by atoms with Gasteiger partial charge in [0.15, 0.2) is 11.5 Å². The highest BCUT2D eigenvalue weighted by Gasteiger charge is 2.32. The van der Waals surface area contributed by atoms with E-state index in [2.05, 4.69) is 10.1 Å². The first-order chi connectivity index (χ1) is 17.9. The molecule has 0 N–H and O–H groups in total. The standard InChI is InChI=1S/C28H27FN6O2/c1-17-6-7-20(15-22(17)29)27(36)33-11-13-34(14-12-33)28(37)21-16-23(19-8-9-19)31-26-25(21)18(2)32-35(26)24-5-3-4-10-30-24/h3-7,10,15-16,19H,8-9,11-14H2,1-2H3. The van der Waals surface area contributed by atoms with Crippen LogP contribution < -0.4 is 0 Å². The molecular weight excluding hydrogens is 471 g/mol. The molecule has 3 aromatic heterocycles. The van der Waals surface area contributed by atoms with Gasteiger partial charge >= 0.3 is 0 Å². The quantitative estimate of drug-likeness (QED) is 0.424. The minimum atomic E-state index is -0.394. The van der Waals surface area contributed by atoms with Gasteiger partial charge in [-0.1, -0.05) is 12.1 Å². The number of halogens is 1. The molecule has 1 aliphatic heterocycles. The van der Waals surface area contributed by atoms with Gasteiger partial charge in [-0.3, -0.25) is 9.59 Å². The van der Waals surface area contributed by atoms with E-state index in [1.165, 1.54) is 6.07 Å². The molecule has 188 valence electrons. The van der Waals surface area contributed by atoms with Crippen LogP contribution in [-0.2, 0) is 0 Å². The van der Waals surface area contributed by atoms with Crippen LogP contribution in [0.5, 0.6) is 0 Å². The lowest BCUT2D eigenvalue weighted by Crippen LogP contribution is -2.50.